The van der Waals surface area contributed by atoms with Crippen LogP contribution in [0.5, 0.6) is 0 Å². The summed E-state index contributed by atoms with van der Waals surface area (Å²) in [4.78, 5) is 14.6. The third-order valence-electron chi connectivity index (χ3n) is 4.93. The molecule has 1 atom stereocenters. The van der Waals surface area contributed by atoms with Crippen LogP contribution in [0.2, 0.25) is 0 Å². The third-order valence-corrected chi connectivity index (χ3v) is 6.03. The monoisotopic (exact) mass is 370 g/mol. The molecule has 1 unspecified atom stereocenters. The van der Waals surface area contributed by atoms with Gasteiger partial charge >= 0.3 is 0 Å². The Labute approximate surface area is 155 Å². The van der Waals surface area contributed by atoms with Gasteiger partial charge in [0, 0.05) is 11.9 Å². The van der Waals surface area contributed by atoms with Gasteiger partial charge in [0.25, 0.3) is 0 Å². The predicted octanol–water partition coefficient (Wildman–Crippen LogP) is 3.66. The standard InChI is InChI=1S/C19H19FN4OS/c1-11(2)19(8-17(25)24(3)18(22)23-19)16-7-14(10-26-16)12-4-5-15(20)13(6-12)9-21/h4-7,10-11H,8H2,1-3H3,(H2,22,23). The summed E-state index contributed by atoms with van der Waals surface area (Å²) in [7, 11) is 1.59. The molecule has 26 heavy (non-hydrogen) atoms. The summed E-state index contributed by atoms with van der Waals surface area (Å²) in [5.41, 5.74) is 0.963. The first-order valence-electron chi connectivity index (χ1n) is 8.21. The first-order chi connectivity index (χ1) is 12.3. The van der Waals surface area contributed by atoms with Crippen molar-refractivity contribution in [1.29, 1.82) is 10.7 Å². The maximum absolute atomic E-state index is 13.6. The van der Waals surface area contributed by atoms with Gasteiger partial charge in [-0.05, 0) is 40.6 Å². The number of nitriles is 1. The molecule has 1 aromatic carbocycles. The Balaban J connectivity index is 2.03. The largest absolute Gasteiger partial charge is 0.345 e. The molecule has 1 fully saturated rings. The predicted molar refractivity (Wildman–Crippen MR) is 99.2 cm³/mol. The van der Waals surface area contributed by atoms with Crippen LogP contribution in [0.4, 0.5) is 4.39 Å². The maximum atomic E-state index is 13.6. The van der Waals surface area contributed by atoms with E-state index >= 15 is 0 Å². The Morgan fingerprint density at radius 2 is 2.12 bits per heavy atom. The highest BCUT2D eigenvalue weighted by Crippen LogP contribution is 2.41. The minimum atomic E-state index is -0.651. The topological polar surface area (TPSA) is 80.0 Å². The lowest BCUT2D eigenvalue weighted by atomic mass is 9.80. The van der Waals surface area contributed by atoms with Crippen molar-refractivity contribution < 1.29 is 9.18 Å². The number of nitrogens with zero attached hydrogens (tertiary/aromatic N) is 2. The number of guanidine groups is 1. The van der Waals surface area contributed by atoms with Gasteiger partial charge in [0.15, 0.2) is 5.96 Å². The van der Waals surface area contributed by atoms with E-state index < -0.39 is 11.4 Å². The van der Waals surface area contributed by atoms with Gasteiger partial charge in [-0.25, -0.2) is 4.39 Å². The molecule has 1 amide bonds. The van der Waals surface area contributed by atoms with Gasteiger partial charge < -0.3 is 5.32 Å². The molecule has 2 aromatic rings. The lowest BCUT2D eigenvalue weighted by molar-refractivity contribution is -0.130. The van der Waals surface area contributed by atoms with Crippen molar-refractivity contribution >= 4 is 23.2 Å². The highest BCUT2D eigenvalue weighted by atomic mass is 32.1. The number of hydrogen-bond acceptors (Lipinski definition) is 4. The van der Waals surface area contributed by atoms with Crippen LogP contribution in [0.15, 0.2) is 29.6 Å². The zero-order valence-corrected chi connectivity index (χ0v) is 15.6. The highest BCUT2D eigenvalue weighted by Gasteiger charge is 2.45. The van der Waals surface area contributed by atoms with Crippen LogP contribution in [-0.4, -0.2) is 23.8 Å². The first kappa shape index (κ1) is 18.1. The Morgan fingerprint density at radius 1 is 1.38 bits per heavy atom. The number of carbonyl (C=O) groups excluding carboxylic acids is 1. The molecule has 134 valence electrons. The van der Waals surface area contributed by atoms with Crippen molar-refractivity contribution in [2.75, 3.05) is 7.05 Å². The fraction of sp³-hybridized carbons (Fsp3) is 0.316. The van der Waals surface area contributed by atoms with Crippen molar-refractivity contribution in [2.45, 2.75) is 25.8 Å². The molecule has 0 radical (unpaired) electrons. The molecule has 7 heteroatoms. The summed E-state index contributed by atoms with van der Waals surface area (Å²) in [6, 6.07) is 8.26. The summed E-state index contributed by atoms with van der Waals surface area (Å²) in [5, 5.41) is 22.3. The van der Waals surface area contributed by atoms with Gasteiger partial charge in [0.2, 0.25) is 5.91 Å². The molecule has 2 N–H and O–H groups in total. The van der Waals surface area contributed by atoms with Gasteiger partial charge in [0.05, 0.1) is 17.5 Å². The molecule has 0 saturated carbocycles. The molecule has 3 rings (SSSR count). The van der Waals surface area contributed by atoms with E-state index in [4.69, 9.17) is 10.7 Å². The van der Waals surface area contributed by atoms with E-state index in [9.17, 15) is 9.18 Å². The van der Waals surface area contributed by atoms with Crippen molar-refractivity contribution in [3.05, 3.63) is 45.9 Å². The number of carbonyl (C=O) groups is 1. The Kier molecular flexibility index (Phi) is 4.55. The van der Waals surface area contributed by atoms with E-state index in [0.29, 0.717) is 0 Å². The van der Waals surface area contributed by atoms with Crippen LogP contribution in [0.1, 0.15) is 30.7 Å². The van der Waals surface area contributed by atoms with E-state index in [1.165, 1.54) is 28.4 Å². The molecule has 5 nitrogen and oxygen atoms in total. The second kappa shape index (κ2) is 6.54. The molecule has 0 bridgehead atoms. The normalized spacial score (nSPS) is 20.2. The zero-order chi connectivity index (χ0) is 19.1. The van der Waals surface area contributed by atoms with Gasteiger partial charge in [-0.1, -0.05) is 19.9 Å². The maximum Gasteiger partial charge on any atom is 0.231 e. The molecule has 1 aliphatic rings. The number of halogens is 1. The van der Waals surface area contributed by atoms with E-state index in [1.54, 1.807) is 13.1 Å². The third kappa shape index (κ3) is 2.86. The fourth-order valence-electron chi connectivity index (χ4n) is 3.11. The second-order valence-corrected chi connectivity index (χ2v) is 7.65. The lowest BCUT2D eigenvalue weighted by Crippen LogP contribution is -2.61. The van der Waals surface area contributed by atoms with Crippen LogP contribution >= 0.6 is 11.3 Å². The summed E-state index contributed by atoms with van der Waals surface area (Å²) in [6.07, 6.45) is 0.260. The number of hydrogen-bond donors (Lipinski definition) is 2. The molecule has 1 aromatic heterocycles. The van der Waals surface area contributed by atoms with Gasteiger partial charge in [-0.3, -0.25) is 15.1 Å². The lowest BCUT2D eigenvalue weighted by Gasteiger charge is -2.44. The van der Waals surface area contributed by atoms with Crippen molar-refractivity contribution in [3.63, 3.8) is 0 Å². The van der Waals surface area contributed by atoms with E-state index in [1.807, 2.05) is 31.4 Å². The zero-order valence-electron chi connectivity index (χ0n) is 14.8. The van der Waals surface area contributed by atoms with Crippen LogP contribution in [0.25, 0.3) is 11.1 Å². The van der Waals surface area contributed by atoms with Crippen LogP contribution in [0, 0.1) is 28.5 Å². The van der Waals surface area contributed by atoms with E-state index in [0.717, 1.165) is 16.0 Å². The van der Waals surface area contributed by atoms with E-state index in [-0.39, 0.29) is 29.8 Å². The number of thiophene rings is 1. The molecular weight excluding hydrogens is 351 g/mol. The average molecular weight is 370 g/mol. The number of rotatable bonds is 3. The Morgan fingerprint density at radius 3 is 2.73 bits per heavy atom. The van der Waals surface area contributed by atoms with Crippen molar-refractivity contribution in [2.24, 2.45) is 5.92 Å². The SMILES string of the molecule is CC(C)C1(c2cc(-c3ccc(F)c(C#N)c3)cs2)CC(=O)N(C)C(=N)N1. The minimum absolute atomic E-state index is 0.00296. The Bertz CT molecular complexity index is 910. The van der Waals surface area contributed by atoms with Gasteiger partial charge in [0.1, 0.15) is 11.9 Å². The fourth-order valence-corrected chi connectivity index (χ4v) is 4.34. The van der Waals surface area contributed by atoms with Crippen molar-refractivity contribution in [1.82, 2.24) is 10.2 Å². The van der Waals surface area contributed by atoms with Crippen LogP contribution in [-0.2, 0) is 10.3 Å². The number of benzene rings is 1. The van der Waals surface area contributed by atoms with Crippen LogP contribution < -0.4 is 5.32 Å². The summed E-state index contributed by atoms with van der Waals surface area (Å²) < 4.78 is 13.6. The minimum Gasteiger partial charge on any atom is -0.345 e. The second-order valence-electron chi connectivity index (χ2n) is 6.74. The summed E-state index contributed by atoms with van der Waals surface area (Å²) in [6.45, 7) is 4.04. The molecule has 1 aliphatic heterocycles. The first-order valence-corrected chi connectivity index (χ1v) is 9.09. The quantitative estimate of drug-likeness (QED) is 0.865. The number of amides is 1. The summed E-state index contributed by atoms with van der Waals surface area (Å²) >= 11 is 1.49. The molecular formula is C19H19FN4OS. The van der Waals surface area contributed by atoms with Crippen LogP contribution in [0.3, 0.4) is 0 Å². The molecule has 1 saturated heterocycles. The number of nitrogens with one attached hydrogen (secondary N) is 2. The average Bonchev–Trinajstić information content (AvgIpc) is 3.10. The molecule has 0 aliphatic carbocycles. The Hall–Kier alpha value is -2.72. The summed E-state index contributed by atoms with van der Waals surface area (Å²) in [5.74, 6) is -0.485. The van der Waals surface area contributed by atoms with Gasteiger partial charge in [-0.15, -0.1) is 11.3 Å². The molecule has 2 heterocycles. The van der Waals surface area contributed by atoms with E-state index in [2.05, 4.69) is 5.32 Å². The van der Waals surface area contributed by atoms with Gasteiger partial charge in [-0.2, -0.15) is 5.26 Å². The molecule has 0 spiro atoms. The highest BCUT2D eigenvalue weighted by molar-refractivity contribution is 7.10. The van der Waals surface area contributed by atoms with Crippen molar-refractivity contribution in [3.8, 4) is 17.2 Å². The smallest absolute Gasteiger partial charge is 0.231 e.